The first-order valence-corrected chi connectivity index (χ1v) is 10.2. The lowest BCUT2D eigenvalue weighted by molar-refractivity contribution is -0.137. The van der Waals surface area contributed by atoms with E-state index in [9.17, 15) is 31.1 Å². The molecule has 1 fully saturated rings. The van der Waals surface area contributed by atoms with Gasteiger partial charge in [-0.1, -0.05) is 11.6 Å². The average molecular weight is 498 g/mol. The van der Waals surface area contributed by atoms with E-state index in [1.807, 2.05) is 0 Å². The summed E-state index contributed by atoms with van der Waals surface area (Å²) in [5, 5.41) is 4.56. The molecule has 1 aromatic rings. The number of nitrogens with zero attached hydrogens (tertiary/aromatic N) is 1. The number of alkyl halides is 6. The third-order valence-electron chi connectivity index (χ3n) is 4.91. The summed E-state index contributed by atoms with van der Waals surface area (Å²) in [6, 6.07) is 2.13. The van der Waals surface area contributed by atoms with Crippen LogP contribution in [0, 0.1) is 0 Å². The zero-order valence-electron chi connectivity index (χ0n) is 17.5. The van der Waals surface area contributed by atoms with Crippen LogP contribution >= 0.6 is 11.6 Å². The van der Waals surface area contributed by atoms with E-state index in [1.54, 1.807) is 0 Å². The Kier molecular flexibility index (Phi) is 8.82. The molecule has 0 unspecified atom stereocenters. The molecule has 0 atom stereocenters. The maximum Gasteiger partial charge on any atom is 0.417 e. The Hall–Kier alpha value is -2.69. The summed E-state index contributed by atoms with van der Waals surface area (Å²) in [6.45, 7) is 4.21. The predicted molar refractivity (Wildman–Crippen MR) is 113 cm³/mol. The second-order valence-electron chi connectivity index (χ2n) is 7.39. The van der Waals surface area contributed by atoms with Crippen molar-refractivity contribution in [1.29, 1.82) is 0 Å². The molecule has 1 aliphatic carbocycles. The lowest BCUT2D eigenvalue weighted by atomic mass is 9.93. The van der Waals surface area contributed by atoms with Gasteiger partial charge in [-0.05, 0) is 63.6 Å². The Morgan fingerprint density at radius 2 is 1.79 bits per heavy atom. The number of halogens is 7. The highest BCUT2D eigenvalue weighted by molar-refractivity contribution is 6.31. The highest BCUT2D eigenvalue weighted by Gasteiger charge is 2.33. The summed E-state index contributed by atoms with van der Waals surface area (Å²) >= 11 is 5.56. The molecule has 182 valence electrons. The summed E-state index contributed by atoms with van der Waals surface area (Å²) in [5.41, 5.74) is -1.93. The molecule has 0 spiro atoms. The molecule has 0 bridgehead atoms. The molecule has 0 aromatic heterocycles. The molecule has 2 rings (SSSR count). The van der Waals surface area contributed by atoms with E-state index < -0.39 is 34.5 Å². The third-order valence-corrected chi connectivity index (χ3v) is 5.23. The lowest BCUT2D eigenvalue weighted by Gasteiger charge is -2.29. The Bertz CT molecular complexity index is 920. The fraction of sp³-hybridized carbons (Fsp3) is 0.429. The number of hydrogen-bond donors (Lipinski definition) is 2. The molecule has 12 heteroatoms. The van der Waals surface area contributed by atoms with Gasteiger partial charge in [0.25, 0.3) is 0 Å². The van der Waals surface area contributed by atoms with Crippen molar-refractivity contribution < 1.29 is 35.9 Å². The second-order valence-corrected chi connectivity index (χ2v) is 7.80. The molecule has 0 saturated heterocycles. The van der Waals surface area contributed by atoms with Crippen LogP contribution in [0.5, 0.6) is 0 Å². The molecule has 2 amide bonds. The smallest absolute Gasteiger partial charge is 0.417 e. The molecular formula is C21H22ClF6N3O2. The molecular weight excluding hydrogens is 476 g/mol. The number of ether oxygens (including phenoxy) is 1. The fourth-order valence-corrected chi connectivity index (χ4v) is 3.31. The number of anilines is 1. The third kappa shape index (κ3) is 8.30. The first-order valence-electron chi connectivity index (χ1n) is 9.83. The molecule has 1 saturated carbocycles. The van der Waals surface area contributed by atoms with Crippen LogP contribution in [0.4, 0.5) is 36.8 Å². The van der Waals surface area contributed by atoms with Crippen molar-refractivity contribution in [2.24, 2.45) is 4.99 Å². The summed E-state index contributed by atoms with van der Waals surface area (Å²) in [7, 11) is 0. The molecule has 1 aromatic carbocycles. The van der Waals surface area contributed by atoms with E-state index in [0.29, 0.717) is 25.7 Å². The van der Waals surface area contributed by atoms with Gasteiger partial charge in [0.05, 0.1) is 10.6 Å². The van der Waals surface area contributed by atoms with Crippen molar-refractivity contribution in [2.45, 2.75) is 57.1 Å². The standard InChI is InChI=1S/C21H22ClF6N3O2/c1-12(20(23,24)25)3-10-18(29-2)33-15-7-4-13(5-8-15)30-19(32)31-14-6-9-17(22)16(11-14)21(26,27)28/h3,6,9-11,13,15H,2,4-5,7-8H2,1H3,(H2,30,31,32). The van der Waals surface area contributed by atoms with Crippen LogP contribution < -0.4 is 10.6 Å². The molecule has 0 aliphatic heterocycles. The molecule has 2 N–H and O–H groups in total. The molecule has 33 heavy (non-hydrogen) atoms. The molecule has 0 radical (unpaired) electrons. The van der Waals surface area contributed by atoms with Crippen molar-refractivity contribution in [3.05, 3.63) is 52.4 Å². The van der Waals surface area contributed by atoms with Crippen molar-refractivity contribution in [2.75, 3.05) is 5.32 Å². The van der Waals surface area contributed by atoms with Gasteiger partial charge in [-0.15, -0.1) is 0 Å². The average Bonchev–Trinajstić information content (AvgIpc) is 2.72. The van der Waals surface area contributed by atoms with Gasteiger partial charge in [-0.25, -0.2) is 9.79 Å². The number of hydrogen-bond acceptors (Lipinski definition) is 3. The second kappa shape index (κ2) is 11.0. The van der Waals surface area contributed by atoms with Gasteiger partial charge in [0.2, 0.25) is 5.88 Å². The zero-order chi connectivity index (χ0) is 24.8. The minimum Gasteiger partial charge on any atom is -0.474 e. The van der Waals surface area contributed by atoms with Gasteiger partial charge in [-0.2, -0.15) is 26.3 Å². The number of urea groups is 1. The van der Waals surface area contributed by atoms with E-state index >= 15 is 0 Å². The van der Waals surface area contributed by atoms with E-state index in [0.717, 1.165) is 31.2 Å². The van der Waals surface area contributed by atoms with Crippen molar-refractivity contribution in [3.8, 4) is 0 Å². The number of rotatable bonds is 6. The van der Waals surface area contributed by atoms with Crippen LogP contribution in [0.2, 0.25) is 5.02 Å². The Balaban J connectivity index is 1.86. The van der Waals surface area contributed by atoms with Gasteiger partial charge in [0, 0.05) is 23.4 Å². The first-order chi connectivity index (χ1) is 15.3. The maximum absolute atomic E-state index is 12.9. The van der Waals surface area contributed by atoms with E-state index in [-0.39, 0.29) is 23.7 Å². The van der Waals surface area contributed by atoms with Gasteiger partial charge < -0.3 is 15.4 Å². The minimum atomic E-state index is -4.65. The minimum absolute atomic E-state index is 0.0454. The van der Waals surface area contributed by atoms with Crippen LogP contribution in [-0.4, -0.2) is 31.1 Å². The number of allylic oxidation sites excluding steroid dienone is 3. The van der Waals surface area contributed by atoms with Crippen LogP contribution in [0.15, 0.2) is 46.8 Å². The Labute approximate surface area is 191 Å². The number of carbonyl (C=O) groups is 1. The van der Waals surface area contributed by atoms with E-state index in [2.05, 4.69) is 22.3 Å². The first kappa shape index (κ1) is 26.6. The van der Waals surface area contributed by atoms with E-state index in [1.165, 1.54) is 6.07 Å². The maximum atomic E-state index is 12.9. The SMILES string of the molecule is C=NC(=CC=C(C)C(F)(F)F)OC1CCC(NC(=O)Nc2ccc(Cl)c(C(F)(F)F)c2)CC1. The number of carbonyl (C=O) groups excluding carboxylic acids is 1. The lowest BCUT2D eigenvalue weighted by Crippen LogP contribution is -2.41. The summed E-state index contributed by atoms with van der Waals surface area (Å²) in [4.78, 5) is 15.8. The largest absolute Gasteiger partial charge is 0.474 e. The molecule has 1 aliphatic rings. The molecule has 5 nitrogen and oxygen atoms in total. The number of benzene rings is 1. The Morgan fingerprint density at radius 3 is 2.33 bits per heavy atom. The van der Waals surface area contributed by atoms with Crippen LogP contribution in [0.25, 0.3) is 0 Å². The predicted octanol–water partition coefficient (Wildman–Crippen LogP) is 6.86. The van der Waals surface area contributed by atoms with Crippen LogP contribution in [0.3, 0.4) is 0 Å². The highest BCUT2D eigenvalue weighted by Crippen LogP contribution is 2.36. The normalized spacial score (nSPS) is 20.2. The number of amides is 2. The topological polar surface area (TPSA) is 62.7 Å². The van der Waals surface area contributed by atoms with Crippen molar-refractivity contribution in [1.82, 2.24) is 5.32 Å². The summed E-state index contributed by atoms with van der Waals surface area (Å²) in [5.74, 6) is -0.0454. The Morgan fingerprint density at radius 1 is 1.15 bits per heavy atom. The molecule has 0 heterocycles. The van der Waals surface area contributed by atoms with E-state index in [4.69, 9.17) is 16.3 Å². The van der Waals surface area contributed by atoms with Crippen molar-refractivity contribution in [3.63, 3.8) is 0 Å². The van der Waals surface area contributed by atoms with Gasteiger partial charge >= 0.3 is 18.4 Å². The van der Waals surface area contributed by atoms with Crippen LogP contribution in [-0.2, 0) is 10.9 Å². The highest BCUT2D eigenvalue weighted by atomic mass is 35.5. The summed E-state index contributed by atoms with van der Waals surface area (Å²) in [6.07, 6.45) is -5.53. The van der Waals surface area contributed by atoms with Gasteiger partial charge in [0.1, 0.15) is 6.10 Å². The summed E-state index contributed by atoms with van der Waals surface area (Å²) < 4.78 is 82.1. The zero-order valence-corrected chi connectivity index (χ0v) is 18.2. The number of aliphatic imine (C=N–C) groups is 1. The van der Waals surface area contributed by atoms with Gasteiger partial charge in [0.15, 0.2) is 0 Å². The fourth-order valence-electron chi connectivity index (χ4n) is 3.09. The van der Waals surface area contributed by atoms with Crippen molar-refractivity contribution >= 4 is 30.0 Å². The van der Waals surface area contributed by atoms with Crippen LogP contribution in [0.1, 0.15) is 38.2 Å². The number of nitrogens with one attached hydrogen (secondary N) is 2. The van der Waals surface area contributed by atoms with Gasteiger partial charge in [-0.3, -0.25) is 0 Å². The monoisotopic (exact) mass is 497 g/mol. The quantitative estimate of drug-likeness (QED) is 0.195.